The van der Waals surface area contributed by atoms with E-state index in [1.54, 1.807) is 24.3 Å². The number of carbonyl (C=O) groups is 2. The zero-order valence-electron chi connectivity index (χ0n) is 12.4. The third-order valence-electron chi connectivity index (χ3n) is 3.03. The number of amides is 1. The average Bonchev–Trinajstić information content (AvgIpc) is 2.49. The number of thiocarbonyl (C=S) groups is 1. The molecule has 124 valence electrons. The van der Waals surface area contributed by atoms with E-state index in [2.05, 4.69) is 42.5 Å². The predicted octanol–water partition coefficient (Wildman–Crippen LogP) is 4.35. The largest absolute Gasteiger partial charge is 0.478 e. The van der Waals surface area contributed by atoms with Gasteiger partial charge in [0.1, 0.15) is 0 Å². The molecular formula is C16H12Br2N2O3S. The summed E-state index contributed by atoms with van der Waals surface area (Å²) in [4.78, 5) is 23.6. The van der Waals surface area contributed by atoms with E-state index in [1.165, 1.54) is 6.07 Å². The highest BCUT2D eigenvalue weighted by Gasteiger charge is 2.17. The van der Waals surface area contributed by atoms with Crippen LogP contribution in [0.25, 0.3) is 0 Å². The van der Waals surface area contributed by atoms with Crippen molar-refractivity contribution in [2.45, 2.75) is 6.92 Å². The fourth-order valence-electron chi connectivity index (χ4n) is 1.98. The molecule has 0 saturated carbocycles. The maximum atomic E-state index is 12.2. The Hall–Kier alpha value is -1.77. The number of anilines is 1. The first-order chi connectivity index (χ1) is 11.3. The summed E-state index contributed by atoms with van der Waals surface area (Å²) in [5, 5.41) is 14.6. The summed E-state index contributed by atoms with van der Waals surface area (Å²) in [5.74, 6) is -1.49. The van der Waals surface area contributed by atoms with Crippen LogP contribution in [0.3, 0.4) is 0 Å². The lowest BCUT2D eigenvalue weighted by Gasteiger charge is -2.14. The second kappa shape index (κ2) is 7.87. The highest BCUT2D eigenvalue weighted by Crippen LogP contribution is 2.30. The van der Waals surface area contributed by atoms with Gasteiger partial charge in [0.25, 0.3) is 5.91 Å². The van der Waals surface area contributed by atoms with Gasteiger partial charge in [-0.2, -0.15) is 0 Å². The Morgan fingerprint density at radius 2 is 1.88 bits per heavy atom. The molecule has 0 fully saturated rings. The smallest absolute Gasteiger partial charge is 0.337 e. The molecule has 2 rings (SSSR count). The van der Waals surface area contributed by atoms with E-state index >= 15 is 0 Å². The van der Waals surface area contributed by atoms with Crippen LogP contribution in [-0.4, -0.2) is 22.1 Å². The second-order valence-electron chi connectivity index (χ2n) is 4.89. The van der Waals surface area contributed by atoms with Gasteiger partial charge in [-0.25, -0.2) is 4.79 Å². The third-order valence-corrected chi connectivity index (χ3v) is 4.32. The van der Waals surface area contributed by atoms with E-state index in [0.29, 0.717) is 14.5 Å². The van der Waals surface area contributed by atoms with Crippen LogP contribution in [0, 0.1) is 6.92 Å². The minimum Gasteiger partial charge on any atom is -0.478 e. The topological polar surface area (TPSA) is 78.4 Å². The summed E-state index contributed by atoms with van der Waals surface area (Å²) in [6, 6.07) is 10.2. The highest BCUT2D eigenvalue weighted by atomic mass is 79.9. The van der Waals surface area contributed by atoms with Gasteiger partial charge in [0.15, 0.2) is 5.11 Å². The molecule has 0 bridgehead atoms. The molecule has 0 unspecified atom stereocenters. The Kier molecular flexibility index (Phi) is 6.09. The van der Waals surface area contributed by atoms with Gasteiger partial charge in [-0.15, -0.1) is 0 Å². The van der Waals surface area contributed by atoms with Crippen molar-refractivity contribution in [1.82, 2.24) is 5.32 Å². The molecule has 0 atom stereocenters. The first-order valence-corrected chi connectivity index (χ1v) is 8.68. The third kappa shape index (κ3) is 4.62. The quantitative estimate of drug-likeness (QED) is 0.580. The summed E-state index contributed by atoms with van der Waals surface area (Å²) < 4.78 is 1.11. The molecule has 0 aliphatic rings. The Morgan fingerprint density at radius 1 is 1.17 bits per heavy atom. The number of carboxylic acid groups (broad SMARTS) is 1. The molecule has 24 heavy (non-hydrogen) atoms. The zero-order chi connectivity index (χ0) is 17.9. The molecule has 2 aromatic rings. The SMILES string of the molecule is Cc1cccc(C(=O)NC(=S)Nc2c(Br)cc(Br)cc2C(=O)O)c1. The molecule has 1 amide bonds. The molecule has 0 radical (unpaired) electrons. The fraction of sp³-hybridized carbons (Fsp3) is 0.0625. The van der Waals surface area contributed by atoms with Crippen LogP contribution < -0.4 is 10.6 Å². The van der Waals surface area contributed by atoms with Crippen LogP contribution >= 0.6 is 44.1 Å². The van der Waals surface area contributed by atoms with Crippen molar-refractivity contribution in [3.05, 3.63) is 62.0 Å². The molecule has 8 heteroatoms. The highest BCUT2D eigenvalue weighted by molar-refractivity contribution is 9.11. The van der Waals surface area contributed by atoms with Crippen LogP contribution in [-0.2, 0) is 0 Å². The van der Waals surface area contributed by atoms with Crippen molar-refractivity contribution in [2.75, 3.05) is 5.32 Å². The van der Waals surface area contributed by atoms with Crippen LogP contribution in [0.15, 0.2) is 45.3 Å². The maximum absolute atomic E-state index is 12.2. The lowest BCUT2D eigenvalue weighted by Crippen LogP contribution is -2.34. The minimum atomic E-state index is -1.12. The summed E-state index contributed by atoms with van der Waals surface area (Å²) in [7, 11) is 0. The number of hydrogen-bond acceptors (Lipinski definition) is 3. The summed E-state index contributed by atoms with van der Waals surface area (Å²) in [6.07, 6.45) is 0. The standard InChI is InChI=1S/C16H12Br2N2O3S/c1-8-3-2-4-9(5-8)14(21)20-16(24)19-13-11(15(22)23)6-10(17)7-12(13)18/h2-7H,1H3,(H,22,23)(H2,19,20,21,24). The Labute approximate surface area is 160 Å². The van der Waals surface area contributed by atoms with E-state index in [4.69, 9.17) is 12.2 Å². The second-order valence-corrected chi connectivity index (χ2v) is 7.07. The summed E-state index contributed by atoms with van der Waals surface area (Å²) >= 11 is 11.6. The molecule has 0 aliphatic carbocycles. The Morgan fingerprint density at radius 3 is 2.50 bits per heavy atom. The van der Waals surface area contributed by atoms with Gasteiger partial charge in [0.05, 0.1) is 11.3 Å². The first kappa shape index (κ1) is 18.6. The Balaban J connectivity index is 2.18. The number of halogens is 2. The molecule has 3 N–H and O–H groups in total. The molecule has 0 spiro atoms. The number of hydrogen-bond donors (Lipinski definition) is 3. The van der Waals surface area contributed by atoms with Crippen LogP contribution in [0.2, 0.25) is 0 Å². The van der Waals surface area contributed by atoms with E-state index in [9.17, 15) is 14.7 Å². The van der Waals surface area contributed by atoms with Crippen LogP contribution in [0.4, 0.5) is 5.69 Å². The van der Waals surface area contributed by atoms with Gasteiger partial charge < -0.3 is 10.4 Å². The lowest BCUT2D eigenvalue weighted by molar-refractivity contribution is 0.0697. The predicted molar refractivity (Wildman–Crippen MR) is 104 cm³/mol. The van der Waals surface area contributed by atoms with Gasteiger partial charge in [0.2, 0.25) is 0 Å². The maximum Gasteiger partial charge on any atom is 0.337 e. The van der Waals surface area contributed by atoms with Crippen molar-refractivity contribution in [2.24, 2.45) is 0 Å². The van der Waals surface area contributed by atoms with Crippen molar-refractivity contribution in [3.8, 4) is 0 Å². The van der Waals surface area contributed by atoms with Gasteiger partial charge in [-0.3, -0.25) is 10.1 Å². The summed E-state index contributed by atoms with van der Waals surface area (Å²) in [5.41, 5.74) is 1.70. The monoisotopic (exact) mass is 470 g/mol. The van der Waals surface area contributed by atoms with Crippen LogP contribution in [0.5, 0.6) is 0 Å². The average molecular weight is 472 g/mol. The molecule has 5 nitrogen and oxygen atoms in total. The van der Waals surface area contributed by atoms with Gasteiger partial charge >= 0.3 is 5.97 Å². The van der Waals surface area contributed by atoms with Crippen LogP contribution in [0.1, 0.15) is 26.3 Å². The van der Waals surface area contributed by atoms with Gasteiger partial charge in [-0.05, 0) is 59.3 Å². The molecule has 2 aromatic carbocycles. The first-order valence-electron chi connectivity index (χ1n) is 6.69. The molecular weight excluding hydrogens is 460 g/mol. The number of benzene rings is 2. The number of carboxylic acids is 1. The molecule has 0 aliphatic heterocycles. The van der Waals surface area contributed by atoms with E-state index < -0.39 is 5.97 Å². The normalized spacial score (nSPS) is 10.1. The van der Waals surface area contributed by atoms with E-state index in [1.807, 2.05) is 13.0 Å². The van der Waals surface area contributed by atoms with Crippen molar-refractivity contribution in [1.29, 1.82) is 0 Å². The number of carbonyl (C=O) groups excluding carboxylic acids is 1. The number of aromatic carboxylic acids is 1. The number of nitrogens with one attached hydrogen (secondary N) is 2. The molecule has 0 saturated heterocycles. The van der Waals surface area contributed by atoms with E-state index in [-0.39, 0.29) is 22.3 Å². The minimum absolute atomic E-state index is 0.00651. The number of aryl methyl sites for hydroxylation is 1. The van der Waals surface area contributed by atoms with Crippen molar-refractivity contribution in [3.63, 3.8) is 0 Å². The Bertz CT molecular complexity index is 840. The molecule has 0 aromatic heterocycles. The van der Waals surface area contributed by atoms with E-state index in [0.717, 1.165) is 5.56 Å². The van der Waals surface area contributed by atoms with Gasteiger partial charge in [0, 0.05) is 14.5 Å². The zero-order valence-corrected chi connectivity index (χ0v) is 16.4. The van der Waals surface area contributed by atoms with Gasteiger partial charge in [-0.1, -0.05) is 33.6 Å². The van der Waals surface area contributed by atoms with Crippen molar-refractivity contribution < 1.29 is 14.7 Å². The number of rotatable bonds is 3. The lowest BCUT2D eigenvalue weighted by atomic mass is 10.1. The fourth-order valence-corrected chi connectivity index (χ4v) is 3.49. The summed E-state index contributed by atoms with van der Waals surface area (Å²) in [6.45, 7) is 1.88. The molecule has 0 heterocycles. The van der Waals surface area contributed by atoms with Crippen molar-refractivity contribution >= 4 is 66.8 Å².